The van der Waals surface area contributed by atoms with Crippen LogP contribution in [0.25, 0.3) is 0 Å². The van der Waals surface area contributed by atoms with Gasteiger partial charge in [-0.3, -0.25) is 0 Å². The first-order chi connectivity index (χ1) is 8.52. The van der Waals surface area contributed by atoms with Crippen LogP contribution in [0.15, 0.2) is 6.07 Å². The van der Waals surface area contributed by atoms with E-state index in [9.17, 15) is 5.11 Å². The van der Waals surface area contributed by atoms with Gasteiger partial charge >= 0.3 is 0 Å². The molecule has 2 unspecified atom stereocenters. The van der Waals surface area contributed by atoms with Crippen molar-refractivity contribution in [2.24, 2.45) is 0 Å². The molecule has 0 aromatic carbocycles. The molecule has 5 heteroatoms. The normalized spacial score (nSPS) is 22.6. The molecule has 18 heavy (non-hydrogen) atoms. The summed E-state index contributed by atoms with van der Waals surface area (Å²) in [5.41, 5.74) is 0.702. The van der Waals surface area contributed by atoms with E-state index < -0.39 is 5.60 Å². The molecule has 0 amide bonds. The highest BCUT2D eigenvalue weighted by molar-refractivity contribution is 7.98. The lowest BCUT2D eigenvalue weighted by molar-refractivity contribution is 0.0806. The highest BCUT2D eigenvalue weighted by atomic mass is 35.5. The van der Waals surface area contributed by atoms with Crippen molar-refractivity contribution in [3.05, 3.63) is 20.8 Å². The smallest absolute Gasteiger partial charge is 0.0934 e. The van der Waals surface area contributed by atoms with Crippen LogP contribution >= 0.6 is 34.7 Å². The highest BCUT2D eigenvalue weighted by Crippen LogP contribution is 2.37. The Morgan fingerprint density at radius 2 is 2.44 bits per heavy atom. The van der Waals surface area contributed by atoms with Gasteiger partial charge in [-0.05, 0) is 44.1 Å². The van der Waals surface area contributed by atoms with Crippen LogP contribution in [0.2, 0.25) is 4.34 Å². The third-order valence-corrected chi connectivity index (χ3v) is 5.52. The molecule has 1 heterocycles. The zero-order valence-corrected chi connectivity index (χ0v) is 13.2. The van der Waals surface area contributed by atoms with E-state index in [1.54, 1.807) is 23.1 Å². The minimum absolute atomic E-state index is 0.353. The quantitative estimate of drug-likeness (QED) is 0.873. The second-order valence-electron chi connectivity index (χ2n) is 5.18. The van der Waals surface area contributed by atoms with Crippen LogP contribution in [0.1, 0.15) is 36.2 Å². The molecule has 0 bridgehead atoms. The van der Waals surface area contributed by atoms with Crippen molar-refractivity contribution in [2.45, 2.75) is 37.8 Å². The molecule has 2 rings (SSSR count). The first kappa shape index (κ1) is 14.7. The molecule has 1 aromatic heterocycles. The fraction of sp³-hybridized carbons (Fsp3) is 0.692. The SMILES string of the molecule is CSCC(C)(O)CNC1CCCc2sc(Cl)cc21. The zero-order valence-electron chi connectivity index (χ0n) is 10.8. The highest BCUT2D eigenvalue weighted by Gasteiger charge is 2.26. The average Bonchev–Trinajstić information content (AvgIpc) is 2.67. The Morgan fingerprint density at radius 3 is 3.17 bits per heavy atom. The van der Waals surface area contributed by atoms with Crippen LogP contribution in [0, 0.1) is 0 Å². The summed E-state index contributed by atoms with van der Waals surface area (Å²) >= 11 is 9.47. The van der Waals surface area contributed by atoms with Crippen molar-refractivity contribution >= 4 is 34.7 Å². The molecule has 1 aliphatic carbocycles. The number of nitrogens with one attached hydrogen (secondary N) is 1. The first-order valence-corrected chi connectivity index (χ1v) is 8.83. The maximum absolute atomic E-state index is 10.2. The minimum atomic E-state index is -0.642. The number of fused-ring (bicyclic) bond motifs is 1. The molecule has 1 aliphatic rings. The molecule has 0 aliphatic heterocycles. The van der Waals surface area contributed by atoms with E-state index in [0.29, 0.717) is 12.6 Å². The molecule has 0 spiro atoms. The molecule has 1 aromatic rings. The van der Waals surface area contributed by atoms with E-state index in [1.807, 2.05) is 13.2 Å². The van der Waals surface area contributed by atoms with Crippen LogP contribution in [0.3, 0.4) is 0 Å². The topological polar surface area (TPSA) is 32.3 Å². The van der Waals surface area contributed by atoms with Gasteiger partial charge in [0.1, 0.15) is 0 Å². The molecular weight excluding hydrogens is 286 g/mol. The Hall–Kier alpha value is 0.260. The molecule has 0 fully saturated rings. The van der Waals surface area contributed by atoms with Crippen molar-refractivity contribution in [3.8, 4) is 0 Å². The molecule has 2 atom stereocenters. The number of aryl methyl sites for hydroxylation is 1. The van der Waals surface area contributed by atoms with Gasteiger partial charge in [0.25, 0.3) is 0 Å². The lowest BCUT2D eigenvalue weighted by atomic mass is 9.93. The van der Waals surface area contributed by atoms with E-state index in [4.69, 9.17) is 11.6 Å². The summed E-state index contributed by atoms with van der Waals surface area (Å²) < 4.78 is 0.879. The van der Waals surface area contributed by atoms with E-state index in [1.165, 1.54) is 16.9 Å². The molecule has 0 radical (unpaired) electrons. The fourth-order valence-corrected chi connectivity index (χ4v) is 4.55. The molecule has 102 valence electrons. The molecule has 0 saturated carbocycles. The zero-order chi connectivity index (χ0) is 13.2. The van der Waals surface area contributed by atoms with Gasteiger partial charge in [0.15, 0.2) is 0 Å². The van der Waals surface area contributed by atoms with Gasteiger partial charge < -0.3 is 10.4 Å². The van der Waals surface area contributed by atoms with Crippen LogP contribution in [0.4, 0.5) is 0 Å². The predicted molar refractivity (Wildman–Crippen MR) is 82.0 cm³/mol. The Labute approximate surface area is 122 Å². The second-order valence-corrected chi connectivity index (χ2v) is 7.82. The Bertz CT molecular complexity index is 406. The van der Waals surface area contributed by atoms with Gasteiger partial charge in [0.05, 0.1) is 9.94 Å². The second kappa shape index (κ2) is 6.14. The summed E-state index contributed by atoms with van der Waals surface area (Å²) in [5.74, 6) is 0.754. The third-order valence-electron chi connectivity index (χ3n) is 3.27. The predicted octanol–water partition coefficient (Wildman–Crippen LogP) is 3.48. The number of hydrogen-bond donors (Lipinski definition) is 2. The minimum Gasteiger partial charge on any atom is -0.388 e. The molecule has 2 nitrogen and oxygen atoms in total. The summed E-state index contributed by atoms with van der Waals surface area (Å²) in [6.07, 6.45) is 5.50. The number of hydrogen-bond acceptors (Lipinski definition) is 4. The molecule has 2 N–H and O–H groups in total. The van der Waals surface area contributed by atoms with Gasteiger partial charge in [-0.1, -0.05) is 11.6 Å². The van der Waals surface area contributed by atoms with E-state index >= 15 is 0 Å². The third kappa shape index (κ3) is 3.64. The Morgan fingerprint density at radius 1 is 1.67 bits per heavy atom. The summed E-state index contributed by atoms with van der Waals surface area (Å²) in [7, 11) is 0. The van der Waals surface area contributed by atoms with Crippen molar-refractivity contribution in [3.63, 3.8) is 0 Å². The van der Waals surface area contributed by atoms with Crippen LogP contribution in [-0.4, -0.2) is 29.3 Å². The van der Waals surface area contributed by atoms with Gasteiger partial charge in [0, 0.05) is 23.2 Å². The number of thioether (sulfide) groups is 1. The van der Waals surface area contributed by atoms with Gasteiger partial charge in [-0.15, -0.1) is 11.3 Å². The van der Waals surface area contributed by atoms with Crippen molar-refractivity contribution < 1.29 is 5.11 Å². The van der Waals surface area contributed by atoms with Crippen molar-refractivity contribution in [2.75, 3.05) is 18.6 Å². The fourth-order valence-electron chi connectivity index (χ4n) is 2.44. The van der Waals surface area contributed by atoms with Gasteiger partial charge in [-0.25, -0.2) is 0 Å². The van der Waals surface area contributed by atoms with Crippen molar-refractivity contribution in [1.82, 2.24) is 5.32 Å². The monoisotopic (exact) mass is 305 g/mol. The average molecular weight is 306 g/mol. The van der Waals surface area contributed by atoms with Crippen LogP contribution in [0.5, 0.6) is 0 Å². The van der Waals surface area contributed by atoms with Crippen LogP contribution < -0.4 is 5.32 Å². The van der Waals surface area contributed by atoms with E-state index in [0.717, 1.165) is 22.9 Å². The lowest BCUT2D eigenvalue weighted by Gasteiger charge is -2.29. The molecular formula is C13H20ClNOS2. The largest absolute Gasteiger partial charge is 0.388 e. The Kier molecular flexibility index (Phi) is 5.00. The summed E-state index contributed by atoms with van der Waals surface area (Å²) in [5, 5.41) is 13.7. The lowest BCUT2D eigenvalue weighted by Crippen LogP contribution is -2.41. The molecule has 0 saturated heterocycles. The summed E-state index contributed by atoms with van der Waals surface area (Å²) in [4.78, 5) is 1.41. The van der Waals surface area contributed by atoms with Crippen molar-refractivity contribution in [1.29, 1.82) is 0 Å². The van der Waals surface area contributed by atoms with E-state index in [2.05, 4.69) is 11.4 Å². The first-order valence-electron chi connectivity index (χ1n) is 6.24. The maximum Gasteiger partial charge on any atom is 0.0934 e. The standard InChI is InChI=1S/C13H20ClNOS2/c1-13(16,8-17-2)7-15-10-4-3-5-11-9(10)6-12(14)18-11/h6,10,15-16H,3-5,7-8H2,1-2H3. The van der Waals surface area contributed by atoms with Crippen LogP contribution in [-0.2, 0) is 6.42 Å². The van der Waals surface area contributed by atoms with Gasteiger partial charge in [0.2, 0.25) is 0 Å². The Balaban J connectivity index is 1.99. The van der Waals surface area contributed by atoms with Gasteiger partial charge in [-0.2, -0.15) is 11.8 Å². The summed E-state index contributed by atoms with van der Waals surface area (Å²) in [6.45, 7) is 2.52. The number of aliphatic hydroxyl groups is 1. The number of halogens is 1. The maximum atomic E-state index is 10.2. The number of thiophene rings is 1. The number of rotatable bonds is 5. The summed E-state index contributed by atoms with van der Waals surface area (Å²) in [6, 6.07) is 2.44. The van der Waals surface area contributed by atoms with E-state index in [-0.39, 0.29) is 0 Å².